The van der Waals surface area contributed by atoms with E-state index in [0.29, 0.717) is 25.0 Å². The quantitative estimate of drug-likeness (QED) is 0.363. The molecule has 2 heterocycles. The molecule has 0 bridgehead atoms. The van der Waals surface area contributed by atoms with Crippen molar-refractivity contribution in [2.45, 2.75) is 44.4 Å². The number of carbonyl (C=O) groups excluding carboxylic acids is 1. The van der Waals surface area contributed by atoms with Gasteiger partial charge in [0.2, 0.25) is 5.91 Å². The number of amides is 1. The predicted molar refractivity (Wildman–Crippen MR) is 130 cm³/mol. The fourth-order valence-electron chi connectivity index (χ4n) is 5.06. The first kappa shape index (κ1) is 22.1. The van der Waals surface area contributed by atoms with Gasteiger partial charge < -0.3 is 14.8 Å². The smallest absolute Gasteiger partial charge is 0.245 e. The van der Waals surface area contributed by atoms with E-state index in [4.69, 9.17) is 21.1 Å². The summed E-state index contributed by atoms with van der Waals surface area (Å²) in [7, 11) is 0. The third-order valence-electron chi connectivity index (χ3n) is 6.75. The number of hydrogen-bond donors (Lipinski definition) is 2. The highest BCUT2D eigenvalue weighted by Gasteiger charge is 2.38. The summed E-state index contributed by atoms with van der Waals surface area (Å²) in [4.78, 5) is 12.3. The highest BCUT2D eigenvalue weighted by atomic mass is 35.5. The van der Waals surface area contributed by atoms with Crippen LogP contribution in [0.15, 0.2) is 59.7 Å². The van der Waals surface area contributed by atoms with Crippen LogP contribution in [-0.2, 0) is 14.3 Å². The normalized spacial score (nSPS) is 25.3. The van der Waals surface area contributed by atoms with Crippen molar-refractivity contribution in [2.24, 2.45) is 11.0 Å². The Morgan fingerprint density at radius 1 is 1.21 bits per heavy atom. The maximum absolute atomic E-state index is 12.3. The van der Waals surface area contributed by atoms with Gasteiger partial charge >= 0.3 is 0 Å². The summed E-state index contributed by atoms with van der Waals surface area (Å²) in [5, 5.41) is 8.84. The third kappa shape index (κ3) is 4.43. The number of ether oxygens (including phenoxy) is 2. The second-order valence-electron chi connectivity index (χ2n) is 9.04. The van der Waals surface area contributed by atoms with Gasteiger partial charge in [-0.05, 0) is 61.1 Å². The first-order valence-electron chi connectivity index (χ1n) is 11.4. The molecule has 0 aromatic heterocycles. The van der Waals surface area contributed by atoms with E-state index in [1.165, 1.54) is 5.56 Å². The minimum atomic E-state index is -0.868. The summed E-state index contributed by atoms with van der Waals surface area (Å²) >= 11 is 6.54. The van der Waals surface area contributed by atoms with Gasteiger partial charge in [0.05, 0.1) is 31.4 Å². The Hall–Kier alpha value is -2.67. The molecule has 33 heavy (non-hydrogen) atoms. The Labute approximate surface area is 199 Å². The van der Waals surface area contributed by atoms with Crippen molar-refractivity contribution in [3.8, 4) is 0 Å². The van der Waals surface area contributed by atoms with Crippen molar-refractivity contribution in [3.63, 3.8) is 0 Å². The molecule has 7 heteroatoms. The van der Waals surface area contributed by atoms with Crippen LogP contribution in [0.5, 0.6) is 0 Å². The van der Waals surface area contributed by atoms with Gasteiger partial charge in [-0.2, -0.15) is 5.10 Å². The van der Waals surface area contributed by atoms with E-state index >= 15 is 0 Å². The molecule has 6 nitrogen and oxygen atoms in total. The summed E-state index contributed by atoms with van der Waals surface area (Å²) in [6.45, 7) is 4.68. The third-order valence-corrected chi connectivity index (χ3v) is 7.09. The maximum Gasteiger partial charge on any atom is 0.245 e. The van der Waals surface area contributed by atoms with E-state index in [9.17, 15) is 4.79 Å². The van der Waals surface area contributed by atoms with Crippen molar-refractivity contribution in [3.05, 3.63) is 76.3 Å². The number of benzene rings is 2. The number of nitrogens with zero attached hydrogens (tertiary/aromatic N) is 1. The molecule has 0 unspecified atom stereocenters. The average Bonchev–Trinajstić information content (AvgIpc) is 3.46. The second-order valence-corrected chi connectivity index (χ2v) is 9.45. The van der Waals surface area contributed by atoms with Crippen LogP contribution >= 0.6 is 11.6 Å². The van der Waals surface area contributed by atoms with Crippen LogP contribution in [0, 0.1) is 5.92 Å². The molecule has 0 spiro atoms. The first-order valence-corrected chi connectivity index (χ1v) is 11.7. The molecule has 1 amide bonds. The highest BCUT2D eigenvalue weighted by molar-refractivity contribution is 6.31. The predicted octanol–water partition coefficient (Wildman–Crippen LogP) is 5.16. The number of fused-ring (bicyclic) bond motifs is 3. The molecule has 1 aliphatic carbocycles. The Bertz CT molecular complexity index is 1120. The first-order chi connectivity index (χ1) is 15.9. The van der Waals surface area contributed by atoms with Crippen LogP contribution < -0.4 is 10.7 Å². The van der Waals surface area contributed by atoms with Gasteiger partial charge in [-0.25, -0.2) is 5.43 Å². The number of hydrogen-bond acceptors (Lipinski definition) is 5. The molecule has 2 aliphatic heterocycles. The lowest BCUT2D eigenvalue weighted by Crippen LogP contribution is -2.33. The fourth-order valence-corrected chi connectivity index (χ4v) is 5.31. The molecular formula is C26H28ClN3O3. The van der Waals surface area contributed by atoms with Gasteiger partial charge in [-0.15, -0.1) is 0 Å². The molecule has 2 aromatic carbocycles. The van der Waals surface area contributed by atoms with E-state index in [0.717, 1.165) is 34.0 Å². The number of anilines is 1. The number of hydrazone groups is 1. The van der Waals surface area contributed by atoms with Gasteiger partial charge in [0.1, 0.15) is 0 Å². The Balaban J connectivity index is 1.35. The zero-order chi connectivity index (χ0) is 23.0. The molecule has 1 saturated heterocycles. The molecule has 0 radical (unpaired) electrons. The van der Waals surface area contributed by atoms with Crippen LogP contribution in [0.25, 0.3) is 0 Å². The molecule has 2 aromatic rings. The SMILES string of the molecule is C/C(=N/NC(=O)CC1(C)OCCO1)c1ccc2c(c1)[C@@H]1C=CC[C@@H]1[C@H](c1ccccc1Cl)N2. The lowest BCUT2D eigenvalue weighted by Gasteiger charge is -2.38. The zero-order valence-electron chi connectivity index (χ0n) is 18.8. The van der Waals surface area contributed by atoms with Crippen LogP contribution in [-0.4, -0.2) is 30.6 Å². The van der Waals surface area contributed by atoms with Crippen LogP contribution in [0.1, 0.15) is 55.3 Å². The lowest BCUT2D eigenvalue weighted by molar-refractivity contribution is -0.159. The van der Waals surface area contributed by atoms with Crippen molar-refractivity contribution < 1.29 is 14.3 Å². The van der Waals surface area contributed by atoms with Gasteiger partial charge in [-0.3, -0.25) is 4.79 Å². The molecule has 2 N–H and O–H groups in total. The Kier molecular flexibility index (Phi) is 5.99. The summed E-state index contributed by atoms with van der Waals surface area (Å²) in [5.74, 6) is -0.398. The van der Waals surface area contributed by atoms with Crippen molar-refractivity contribution in [1.29, 1.82) is 0 Å². The summed E-state index contributed by atoms with van der Waals surface area (Å²) in [6, 6.07) is 14.5. The molecule has 1 fully saturated rings. The van der Waals surface area contributed by atoms with Crippen LogP contribution in [0.3, 0.4) is 0 Å². The molecule has 5 rings (SSSR count). The van der Waals surface area contributed by atoms with Gasteiger partial charge in [0, 0.05) is 16.6 Å². The van der Waals surface area contributed by atoms with E-state index in [1.807, 2.05) is 31.2 Å². The molecule has 3 atom stereocenters. The Morgan fingerprint density at radius 2 is 2.00 bits per heavy atom. The highest BCUT2D eigenvalue weighted by Crippen LogP contribution is 2.50. The number of rotatable bonds is 5. The van der Waals surface area contributed by atoms with E-state index in [-0.39, 0.29) is 18.4 Å². The molecule has 172 valence electrons. The van der Waals surface area contributed by atoms with Gasteiger partial charge in [0.25, 0.3) is 0 Å². The minimum absolute atomic E-state index is 0.107. The number of carbonyl (C=O) groups is 1. The van der Waals surface area contributed by atoms with Crippen molar-refractivity contribution in [2.75, 3.05) is 18.5 Å². The molecule has 0 saturated carbocycles. The zero-order valence-corrected chi connectivity index (χ0v) is 19.6. The van der Waals surface area contributed by atoms with Gasteiger partial charge in [-0.1, -0.05) is 48.0 Å². The van der Waals surface area contributed by atoms with Crippen LogP contribution in [0.2, 0.25) is 5.02 Å². The van der Waals surface area contributed by atoms with Crippen LogP contribution in [0.4, 0.5) is 5.69 Å². The average molecular weight is 466 g/mol. The largest absolute Gasteiger partial charge is 0.378 e. The maximum atomic E-state index is 12.3. The molecule has 3 aliphatic rings. The minimum Gasteiger partial charge on any atom is -0.378 e. The standard InChI is InChI=1S/C26H28ClN3O3/c1-16(29-30-24(31)15-26(2)32-12-13-33-26)17-10-11-23-21(14-17)18-7-5-8-19(18)25(28-23)20-6-3-4-9-22(20)27/h3-7,9-11,14,18-19,25,28H,8,12-13,15H2,1-2H3,(H,30,31)/b29-16-/t18-,19+,25-/m1/s1. The topological polar surface area (TPSA) is 72.0 Å². The van der Waals surface area contributed by atoms with Crippen molar-refractivity contribution >= 4 is 28.9 Å². The number of allylic oxidation sites excluding steroid dienone is 2. The monoisotopic (exact) mass is 465 g/mol. The lowest BCUT2D eigenvalue weighted by atomic mass is 9.76. The fraction of sp³-hybridized carbons (Fsp3) is 0.385. The molecular weight excluding hydrogens is 438 g/mol. The number of halogens is 1. The summed E-state index contributed by atoms with van der Waals surface area (Å²) in [5.41, 5.74) is 7.85. The van der Waals surface area contributed by atoms with E-state index < -0.39 is 5.79 Å². The van der Waals surface area contributed by atoms with Crippen molar-refractivity contribution in [1.82, 2.24) is 5.43 Å². The Morgan fingerprint density at radius 3 is 2.79 bits per heavy atom. The van der Waals surface area contributed by atoms with E-state index in [2.05, 4.69) is 46.2 Å². The van der Waals surface area contributed by atoms with E-state index in [1.54, 1.807) is 6.92 Å². The summed E-state index contributed by atoms with van der Waals surface area (Å²) in [6.07, 6.45) is 5.67. The summed E-state index contributed by atoms with van der Waals surface area (Å²) < 4.78 is 11.0. The number of nitrogens with one attached hydrogen (secondary N) is 2. The van der Waals surface area contributed by atoms with Gasteiger partial charge in [0.15, 0.2) is 5.79 Å². The second kappa shape index (κ2) is 8.93.